The van der Waals surface area contributed by atoms with Gasteiger partial charge in [0, 0.05) is 13.0 Å². The zero-order chi connectivity index (χ0) is 28.1. The minimum atomic E-state index is -4.57. The van der Waals surface area contributed by atoms with Crippen molar-refractivity contribution in [2.24, 2.45) is 46.3 Å². The third-order valence-electron chi connectivity index (χ3n) is 11.1. The van der Waals surface area contributed by atoms with Gasteiger partial charge in [-0.2, -0.15) is 8.42 Å². The zero-order valence-electron chi connectivity index (χ0n) is 22.7. The molecule has 4 saturated carbocycles. The number of phosphoric acid groups is 1. The molecule has 0 saturated heterocycles. The highest BCUT2D eigenvalue weighted by atomic mass is 32.2. The van der Waals surface area contributed by atoms with Gasteiger partial charge in [-0.1, -0.05) is 20.8 Å². The molecule has 0 aromatic carbocycles. The van der Waals surface area contributed by atoms with Crippen molar-refractivity contribution in [1.29, 1.82) is 0 Å². The summed E-state index contributed by atoms with van der Waals surface area (Å²) >= 11 is 0. The summed E-state index contributed by atoms with van der Waals surface area (Å²) in [5.41, 5.74) is -0.0382. The van der Waals surface area contributed by atoms with Crippen molar-refractivity contribution in [3.8, 4) is 0 Å². The molecule has 4 aliphatic rings. The van der Waals surface area contributed by atoms with Gasteiger partial charge in [-0.15, -0.1) is 0 Å². The molecule has 4 fully saturated rings. The van der Waals surface area contributed by atoms with E-state index in [9.17, 15) is 27.6 Å². The Balaban J connectivity index is 1.39. The summed E-state index contributed by atoms with van der Waals surface area (Å²) in [5, 5.41) is 2.56. The molecule has 0 heterocycles. The van der Waals surface area contributed by atoms with Crippen LogP contribution < -0.4 is 5.32 Å². The third kappa shape index (κ3) is 6.33. The Morgan fingerprint density at radius 1 is 1.11 bits per heavy atom. The van der Waals surface area contributed by atoms with E-state index in [-0.39, 0.29) is 52.9 Å². The van der Waals surface area contributed by atoms with Crippen LogP contribution in [-0.4, -0.2) is 53.2 Å². The van der Waals surface area contributed by atoms with Crippen molar-refractivity contribution in [3.05, 3.63) is 0 Å². The number of amides is 1. The van der Waals surface area contributed by atoms with Crippen molar-refractivity contribution in [2.45, 2.75) is 97.3 Å². The second kappa shape index (κ2) is 11.0. The van der Waals surface area contributed by atoms with Crippen molar-refractivity contribution < 1.29 is 41.0 Å². The number of nitrogens with one attached hydrogen (secondary N) is 1. The van der Waals surface area contributed by atoms with Crippen LogP contribution in [0.4, 0.5) is 4.39 Å². The largest absolute Gasteiger partial charge is 0.469 e. The van der Waals surface area contributed by atoms with E-state index in [0.717, 1.165) is 32.1 Å². The molecule has 4 N–H and O–H groups in total. The predicted octanol–water partition coefficient (Wildman–Crippen LogP) is 4.49. The Labute approximate surface area is 226 Å². The van der Waals surface area contributed by atoms with Crippen molar-refractivity contribution in [1.82, 2.24) is 5.32 Å². The maximum Gasteiger partial charge on any atom is 0.469 e. The Bertz CT molecular complexity index is 1040. The Morgan fingerprint density at radius 3 is 2.42 bits per heavy atom. The molecule has 10 atom stereocenters. The van der Waals surface area contributed by atoms with Crippen LogP contribution in [0.2, 0.25) is 0 Å². The van der Waals surface area contributed by atoms with E-state index in [1.54, 1.807) is 0 Å². The molecule has 4 rings (SSSR count). The van der Waals surface area contributed by atoms with Gasteiger partial charge in [0.2, 0.25) is 5.91 Å². The number of rotatable bonds is 9. The van der Waals surface area contributed by atoms with Gasteiger partial charge in [0.15, 0.2) is 0 Å². The van der Waals surface area contributed by atoms with Crippen LogP contribution in [0.15, 0.2) is 0 Å². The van der Waals surface area contributed by atoms with Gasteiger partial charge in [-0.3, -0.25) is 13.9 Å². The quantitative estimate of drug-likeness (QED) is 0.230. The lowest BCUT2D eigenvalue weighted by Crippen LogP contribution is -2.58. The number of fused-ring (bicyclic) bond motifs is 5. The summed E-state index contributed by atoms with van der Waals surface area (Å²) < 4.78 is 62.9. The molecule has 0 aromatic rings. The van der Waals surface area contributed by atoms with E-state index in [2.05, 4.69) is 26.1 Å². The molecule has 0 radical (unpaired) electrons. The minimum absolute atomic E-state index is 0.00446. The zero-order valence-corrected chi connectivity index (χ0v) is 24.4. The van der Waals surface area contributed by atoms with Gasteiger partial charge >= 0.3 is 7.82 Å². The Hall–Kier alpha value is -0.580. The summed E-state index contributed by atoms with van der Waals surface area (Å²) in [5.74, 6) is 0.544. The molecule has 12 heteroatoms. The van der Waals surface area contributed by atoms with E-state index in [0.29, 0.717) is 38.0 Å². The summed E-state index contributed by atoms with van der Waals surface area (Å²) in [6.45, 7) is 6.65. The molecule has 0 aromatic heterocycles. The second-order valence-electron chi connectivity index (χ2n) is 13.1. The molecule has 0 bridgehead atoms. The molecule has 0 spiro atoms. The molecule has 38 heavy (non-hydrogen) atoms. The number of phosphoric ester groups is 1. The number of hydrogen-bond acceptors (Lipinski definition) is 5. The standard InChI is InChI=1S/C26H45FNO8PS/c1-16(4-7-23(29)28-12-13-38(33,34)35)19-5-6-20-24-21(9-11-26(19,20)3)25(2)10-8-18(36-37(30,31)32)14-17(25)15-22(24)27/h16-22,24H,4-15H2,1-3H3,(H,28,29)(H2,30,31,32)(H,33,34,35). The first-order valence-corrected chi connectivity index (χ1v) is 17.3. The lowest BCUT2D eigenvalue weighted by Gasteiger charge is -2.62. The fourth-order valence-electron chi connectivity index (χ4n) is 9.36. The number of alkyl halides is 1. The summed E-state index contributed by atoms with van der Waals surface area (Å²) in [7, 11) is -8.67. The molecule has 10 unspecified atom stereocenters. The van der Waals surface area contributed by atoms with E-state index in [1.807, 2.05) is 0 Å². The van der Waals surface area contributed by atoms with Gasteiger partial charge in [-0.25, -0.2) is 8.96 Å². The van der Waals surface area contributed by atoms with Crippen LogP contribution in [-0.2, 0) is 24.0 Å². The number of carbonyl (C=O) groups excluding carboxylic acids is 1. The average molecular weight is 582 g/mol. The molecule has 1 amide bonds. The van der Waals surface area contributed by atoms with Crippen molar-refractivity contribution in [2.75, 3.05) is 12.3 Å². The highest BCUT2D eigenvalue weighted by molar-refractivity contribution is 7.85. The molecule has 9 nitrogen and oxygen atoms in total. The SMILES string of the molecule is CC(CCC(=O)NCCS(=O)(=O)O)C1CCC2C3C(F)CC4CC(OP(=O)(O)O)CCC4(C)C3CCC12C. The topological polar surface area (TPSA) is 150 Å². The van der Waals surface area contributed by atoms with E-state index >= 15 is 4.39 Å². The summed E-state index contributed by atoms with van der Waals surface area (Å²) in [6, 6.07) is 0. The van der Waals surface area contributed by atoms with Crippen LogP contribution in [0.3, 0.4) is 0 Å². The van der Waals surface area contributed by atoms with Crippen LogP contribution in [0.1, 0.15) is 85.0 Å². The third-order valence-corrected chi connectivity index (χ3v) is 12.4. The Kier molecular flexibility index (Phi) is 8.80. The van der Waals surface area contributed by atoms with Crippen LogP contribution in [0.5, 0.6) is 0 Å². The normalized spacial score (nSPS) is 42.0. The molecule has 0 aliphatic heterocycles. The van der Waals surface area contributed by atoms with Gasteiger partial charge in [-0.05, 0) is 104 Å². The predicted molar refractivity (Wildman–Crippen MR) is 140 cm³/mol. The maximum atomic E-state index is 16.0. The van der Waals surface area contributed by atoms with Crippen LogP contribution in [0, 0.1) is 46.3 Å². The van der Waals surface area contributed by atoms with Crippen LogP contribution >= 0.6 is 7.82 Å². The number of halogens is 1. The van der Waals surface area contributed by atoms with Gasteiger partial charge in [0.25, 0.3) is 10.1 Å². The highest BCUT2D eigenvalue weighted by Gasteiger charge is 2.63. The Morgan fingerprint density at radius 2 is 1.76 bits per heavy atom. The van der Waals surface area contributed by atoms with E-state index in [4.69, 9.17) is 9.08 Å². The fourth-order valence-corrected chi connectivity index (χ4v) is 10.3. The average Bonchev–Trinajstić information content (AvgIpc) is 3.14. The van der Waals surface area contributed by atoms with E-state index < -0.39 is 36.0 Å². The van der Waals surface area contributed by atoms with E-state index in [1.165, 1.54) is 0 Å². The van der Waals surface area contributed by atoms with Crippen molar-refractivity contribution in [3.63, 3.8) is 0 Å². The molecular weight excluding hydrogens is 536 g/mol. The van der Waals surface area contributed by atoms with Crippen LogP contribution in [0.25, 0.3) is 0 Å². The first-order valence-electron chi connectivity index (χ1n) is 14.1. The molecule has 4 aliphatic carbocycles. The lowest BCUT2D eigenvalue weighted by molar-refractivity contribution is -0.156. The molecular formula is C26H45FNO8PS. The maximum absolute atomic E-state index is 16.0. The smallest absolute Gasteiger partial charge is 0.355 e. The van der Waals surface area contributed by atoms with Gasteiger partial charge in [0.05, 0.1) is 11.9 Å². The minimum Gasteiger partial charge on any atom is -0.355 e. The lowest BCUT2D eigenvalue weighted by atomic mass is 9.44. The highest BCUT2D eigenvalue weighted by Crippen LogP contribution is 2.69. The fraction of sp³-hybridized carbons (Fsp3) is 0.962. The van der Waals surface area contributed by atoms with Gasteiger partial charge < -0.3 is 15.1 Å². The summed E-state index contributed by atoms with van der Waals surface area (Å²) in [4.78, 5) is 30.8. The van der Waals surface area contributed by atoms with Crippen molar-refractivity contribution >= 4 is 23.8 Å². The van der Waals surface area contributed by atoms with Gasteiger partial charge in [0.1, 0.15) is 6.17 Å². The second-order valence-corrected chi connectivity index (χ2v) is 15.9. The molecule has 220 valence electrons. The number of hydrogen-bond donors (Lipinski definition) is 4. The first kappa shape index (κ1) is 30.4. The summed E-state index contributed by atoms with van der Waals surface area (Å²) in [6.07, 6.45) is 5.80. The number of carbonyl (C=O) groups is 1. The first-order chi connectivity index (χ1) is 17.5. The monoisotopic (exact) mass is 581 g/mol.